The number of rotatable bonds is 5. The summed E-state index contributed by atoms with van der Waals surface area (Å²) < 4.78 is 36.9. The average molecular weight is 347 g/mol. The SMILES string of the molecule is CNCCc1cc(-c2c[nH]c3cc(F)ccc23)ccc1S(N)(=O)=O. The maximum atomic E-state index is 13.3. The zero-order valence-corrected chi connectivity index (χ0v) is 14.0. The fourth-order valence-corrected chi connectivity index (χ4v) is 3.60. The number of primary sulfonamides is 1. The van der Waals surface area contributed by atoms with E-state index in [1.54, 1.807) is 25.4 Å². The Morgan fingerprint density at radius 3 is 2.71 bits per heavy atom. The zero-order chi connectivity index (χ0) is 17.3. The van der Waals surface area contributed by atoms with E-state index in [1.165, 1.54) is 18.2 Å². The standard InChI is InChI=1S/C17H18FN3O2S/c1-20-7-6-12-8-11(2-5-17(12)24(19,22)23)15-10-21-16-9-13(18)3-4-14(15)16/h2-5,8-10,20-21H,6-7H2,1H3,(H2,19,22,23). The van der Waals surface area contributed by atoms with Crippen LogP contribution in [0.3, 0.4) is 0 Å². The summed E-state index contributed by atoms with van der Waals surface area (Å²) in [6, 6.07) is 9.60. The number of likely N-dealkylation sites (N-methyl/N-ethyl adjacent to an activating group) is 1. The van der Waals surface area contributed by atoms with Gasteiger partial charge in [0.15, 0.2) is 0 Å². The van der Waals surface area contributed by atoms with Crippen molar-refractivity contribution in [2.75, 3.05) is 13.6 Å². The molecule has 7 heteroatoms. The summed E-state index contributed by atoms with van der Waals surface area (Å²) in [7, 11) is -1.98. The van der Waals surface area contributed by atoms with Crippen LogP contribution in [-0.2, 0) is 16.4 Å². The highest BCUT2D eigenvalue weighted by molar-refractivity contribution is 7.89. The van der Waals surface area contributed by atoms with E-state index in [0.717, 1.165) is 16.5 Å². The molecular weight excluding hydrogens is 329 g/mol. The van der Waals surface area contributed by atoms with Crippen LogP contribution in [0.4, 0.5) is 4.39 Å². The van der Waals surface area contributed by atoms with Crippen LogP contribution in [0.2, 0.25) is 0 Å². The molecule has 126 valence electrons. The van der Waals surface area contributed by atoms with Gasteiger partial charge in [-0.1, -0.05) is 6.07 Å². The molecule has 2 aromatic carbocycles. The first-order chi connectivity index (χ1) is 11.4. The van der Waals surface area contributed by atoms with Gasteiger partial charge >= 0.3 is 0 Å². The largest absolute Gasteiger partial charge is 0.360 e. The quantitative estimate of drug-likeness (QED) is 0.662. The molecule has 0 spiro atoms. The Balaban J connectivity index is 2.13. The van der Waals surface area contributed by atoms with E-state index in [1.807, 2.05) is 6.07 Å². The van der Waals surface area contributed by atoms with Gasteiger partial charge in [-0.15, -0.1) is 0 Å². The molecule has 5 nitrogen and oxygen atoms in total. The predicted molar refractivity (Wildman–Crippen MR) is 92.7 cm³/mol. The van der Waals surface area contributed by atoms with Crippen LogP contribution in [0, 0.1) is 5.82 Å². The molecule has 0 amide bonds. The van der Waals surface area contributed by atoms with E-state index < -0.39 is 10.0 Å². The number of hydrogen-bond acceptors (Lipinski definition) is 3. The van der Waals surface area contributed by atoms with E-state index in [0.29, 0.717) is 24.0 Å². The van der Waals surface area contributed by atoms with Crippen molar-refractivity contribution in [3.63, 3.8) is 0 Å². The minimum absolute atomic E-state index is 0.132. The number of H-pyrrole nitrogens is 1. The normalized spacial score (nSPS) is 12.0. The van der Waals surface area contributed by atoms with Gasteiger partial charge in [-0.25, -0.2) is 17.9 Å². The first kappa shape index (κ1) is 16.6. The van der Waals surface area contributed by atoms with Crippen molar-refractivity contribution in [3.8, 4) is 11.1 Å². The van der Waals surface area contributed by atoms with Crippen LogP contribution in [0.15, 0.2) is 47.5 Å². The van der Waals surface area contributed by atoms with Crippen LogP contribution >= 0.6 is 0 Å². The van der Waals surface area contributed by atoms with Gasteiger partial charge in [-0.05, 0) is 61.5 Å². The number of nitrogens with two attached hydrogens (primary N) is 1. The summed E-state index contributed by atoms with van der Waals surface area (Å²) in [5.74, 6) is -0.310. The predicted octanol–water partition coefficient (Wildman–Crippen LogP) is 2.38. The second-order valence-corrected chi connectivity index (χ2v) is 7.14. The van der Waals surface area contributed by atoms with Crippen LogP contribution in [-0.4, -0.2) is 27.0 Å². The maximum Gasteiger partial charge on any atom is 0.238 e. The molecular formula is C17H18FN3O2S. The molecule has 3 rings (SSSR count). The molecule has 0 aliphatic carbocycles. The van der Waals surface area contributed by atoms with Crippen molar-refractivity contribution in [3.05, 3.63) is 54.0 Å². The number of fused-ring (bicyclic) bond motifs is 1. The molecule has 0 unspecified atom stereocenters. The van der Waals surface area contributed by atoms with Crippen molar-refractivity contribution in [2.24, 2.45) is 5.14 Å². The van der Waals surface area contributed by atoms with E-state index in [9.17, 15) is 12.8 Å². The molecule has 0 aliphatic rings. The summed E-state index contributed by atoms with van der Waals surface area (Å²) in [5.41, 5.74) is 3.08. The smallest absolute Gasteiger partial charge is 0.238 e. The van der Waals surface area contributed by atoms with Crippen molar-refractivity contribution < 1.29 is 12.8 Å². The molecule has 0 aliphatic heterocycles. The summed E-state index contributed by atoms with van der Waals surface area (Å²) >= 11 is 0. The lowest BCUT2D eigenvalue weighted by molar-refractivity contribution is 0.596. The molecule has 4 N–H and O–H groups in total. The van der Waals surface area contributed by atoms with Crippen LogP contribution in [0.5, 0.6) is 0 Å². The van der Waals surface area contributed by atoms with Crippen molar-refractivity contribution in [2.45, 2.75) is 11.3 Å². The van der Waals surface area contributed by atoms with Crippen molar-refractivity contribution in [1.29, 1.82) is 0 Å². The van der Waals surface area contributed by atoms with Gasteiger partial charge in [0.25, 0.3) is 0 Å². The van der Waals surface area contributed by atoms with E-state index in [2.05, 4.69) is 10.3 Å². The van der Waals surface area contributed by atoms with E-state index >= 15 is 0 Å². The minimum atomic E-state index is -3.78. The van der Waals surface area contributed by atoms with Gasteiger partial charge in [0.05, 0.1) is 4.90 Å². The van der Waals surface area contributed by atoms with Crippen LogP contribution in [0.1, 0.15) is 5.56 Å². The number of benzene rings is 2. The lowest BCUT2D eigenvalue weighted by Gasteiger charge is -2.10. The second-order valence-electron chi connectivity index (χ2n) is 5.61. The third kappa shape index (κ3) is 3.19. The summed E-state index contributed by atoms with van der Waals surface area (Å²) in [6.45, 7) is 0.630. The highest BCUT2D eigenvalue weighted by Gasteiger charge is 2.16. The van der Waals surface area contributed by atoms with Gasteiger partial charge < -0.3 is 10.3 Å². The monoisotopic (exact) mass is 347 g/mol. The average Bonchev–Trinajstić information content (AvgIpc) is 2.94. The van der Waals surface area contributed by atoms with E-state index in [4.69, 9.17) is 5.14 Å². The maximum absolute atomic E-state index is 13.3. The Kier molecular flexibility index (Phi) is 4.40. The third-order valence-electron chi connectivity index (χ3n) is 3.97. The van der Waals surface area contributed by atoms with Crippen LogP contribution < -0.4 is 10.5 Å². The fraction of sp³-hybridized carbons (Fsp3) is 0.176. The second kappa shape index (κ2) is 6.35. The van der Waals surface area contributed by atoms with Gasteiger partial charge in [-0.2, -0.15) is 0 Å². The Hall–Kier alpha value is -2.22. The lowest BCUT2D eigenvalue weighted by Crippen LogP contribution is -2.17. The Morgan fingerprint density at radius 2 is 2.00 bits per heavy atom. The number of nitrogens with one attached hydrogen (secondary N) is 2. The third-order valence-corrected chi connectivity index (χ3v) is 4.98. The molecule has 0 bridgehead atoms. The highest BCUT2D eigenvalue weighted by atomic mass is 32.2. The molecule has 1 heterocycles. The van der Waals surface area contributed by atoms with Crippen molar-refractivity contribution in [1.82, 2.24) is 10.3 Å². The molecule has 0 radical (unpaired) electrons. The topological polar surface area (TPSA) is 88.0 Å². The van der Waals surface area contributed by atoms with Gasteiger partial charge in [0.2, 0.25) is 10.0 Å². The summed E-state index contributed by atoms with van der Waals surface area (Å²) in [6.07, 6.45) is 2.32. The Labute approximate surface area is 139 Å². The molecule has 1 aromatic heterocycles. The van der Waals surface area contributed by atoms with Crippen LogP contribution in [0.25, 0.3) is 22.0 Å². The molecule has 0 saturated heterocycles. The zero-order valence-electron chi connectivity index (χ0n) is 13.1. The molecule has 24 heavy (non-hydrogen) atoms. The number of halogens is 1. The Morgan fingerprint density at radius 1 is 1.21 bits per heavy atom. The van der Waals surface area contributed by atoms with E-state index in [-0.39, 0.29) is 10.7 Å². The molecule has 3 aromatic rings. The summed E-state index contributed by atoms with van der Waals surface area (Å²) in [5, 5.41) is 9.19. The van der Waals surface area contributed by atoms with Gasteiger partial charge in [0, 0.05) is 22.7 Å². The highest BCUT2D eigenvalue weighted by Crippen LogP contribution is 2.31. The molecule has 0 saturated carbocycles. The Bertz CT molecular complexity index is 996. The van der Waals surface area contributed by atoms with Gasteiger partial charge in [0.1, 0.15) is 5.82 Å². The number of sulfonamides is 1. The number of aromatic amines is 1. The summed E-state index contributed by atoms with van der Waals surface area (Å²) in [4.78, 5) is 3.17. The first-order valence-corrected chi connectivity index (χ1v) is 9.02. The minimum Gasteiger partial charge on any atom is -0.360 e. The van der Waals surface area contributed by atoms with Gasteiger partial charge in [-0.3, -0.25) is 0 Å². The molecule has 0 fully saturated rings. The first-order valence-electron chi connectivity index (χ1n) is 7.47. The van der Waals surface area contributed by atoms with Crippen molar-refractivity contribution >= 4 is 20.9 Å². The fourth-order valence-electron chi connectivity index (χ4n) is 2.82. The molecule has 0 atom stereocenters. The lowest BCUT2D eigenvalue weighted by atomic mass is 10.0. The number of hydrogen-bond donors (Lipinski definition) is 3. The number of aromatic nitrogens is 1.